The summed E-state index contributed by atoms with van der Waals surface area (Å²) in [6.45, 7) is 11.4. The van der Waals surface area contributed by atoms with E-state index in [1.54, 1.807) is 6.92 Å². The molecule has 1 saturated heterocycles. The monoisotopic (exact) mass is 345 g/mol. The number of amides is 4. The van der Waals surface area contributed by atoms with Crippen molar-refractivity contribution in [3.05, 3.63) is 35.4 Å². The normalized spacial score (nSPS) is 20.8. The van der Waals surface area contributed by atoms with Gasteiger partial charge >= 0.3 is 6.03 Å². The van der Waals surface area contributed by atoms with E-state index in [0.717, 1.165) is 10.5 Å². The molecule has 25 heavy (non-hydrogen) atoms. The number of urea groups is 1. The lowest BCUT2D eigenvalue weighted by molar-refractivity contribution is -0.135. The third kappa shape index (κ3) is 3.83. The van der Waals surface area contributed by atoms with Crippen LogP contribution in [-0.4, -0.2) is 35.3 Å². The van der Waals surface area contributed by atoms with E-state index in [1.165, 1.54) is 0 Å². The highest BCUT2D eigenvalue weighted by Gasteiger charge is 2.49. The molecule has 1 aliphatic rings. The first kappa shape index (κ1) is 19.0. The van der Waals surface area contributed by atoms with Crippen LogP contribution in [0.5, 0.6) is 0 Å². The highest BCUT2D eigenvalue weighted by atomic mass is 16.2. The van der Waals surface area contributed by atoms with Crippen LogP contribution in [0.15, 0.2) is 24.3 Å². The number of imide groups is 1. The van der Waals surface area contributed by atoms with Crippen LogP contribution >= 0.6 is 0 Å². The summed E-state index contributed by atoms with van der Waals surface area (Å²) in [7, 11) is 0. The van der Waals surface area contributed by atoms with E-state index in [9.17, 15) is 14.4 Å². The Kier molecular flexibility index (Phi) is 4.93. The van der Waals surface area contributed by atoms with Gasteiger partial charge in [0.1, 0.15) is 12.1 Å². The Bertz CT molecular complexity index is 689. The molecule has 0 bridgehead atoms. The van der Waals surface area contributed by atoms with Crippen molar-refractivity contribution in [2.45, 2.75) is 58.5 Å². The van der Waals surface area contributed by atoms with E-state index in [-0.39, 0.29) is 23.9 Å². The molecule has 0 saturated carbocycles. The number of hydrogen-bond acceptors (Lipinski definition) is 3. The van der Waals surface area contributed by atoms with Crippen molar-refractivity contribution < 1.29 is 14.4 Å². The van der Waals surface area contributed by atoms with Crippen molar-refractivity contribution >= 4 is 17.8 Å². The number of nitrogens with one attached hydrogen (secondary N) is 2. The van der Waals surface area contributed by atoms with E-state index in [1.807, 2.05) is 38.1 Å². The summed E-state index contributed by atoms with van der Waals surface area (Å²) in [6.07, 6.45) is 0. The number of nitrogens with zero attached hydrogens (tertiary/aromatic N) is 1. The Morgan fingerprint density at radius 2 is 1.76 bits per heavy atom. The second-order valence-electron chi connectivity index (χ2n) is 8.00. The van der Waals surface area contributed by atoms with Crippen LogP contribution in [0.1, 0.15) is 52.7 Å². The van der Waals surface area contributed by atoms with Gasteiger partial charge in [0, 0.05) is 6.04 Å². The molecule has 1 aromatic carbocycles. The van der Waals surface area contributed by atoms with E-state index in [4.69, 9.17) is 0 Å². The first-order valence-electron chi connectivity index (χ1n) is 8.49. The highest BCUT2D eigenvalue weighted by Crippen LogP contribution is 2.31. The fourth-order valence-corrected chi connectivity index (χ4v) is 2.85. The molecule has 0 radical (unpaired) electrons. The minimum atomic E-state index is -1.16. The van der Waals surface area contributed by atoms with E-state index in [0.29, 0.717) is 5.56 Å². The zero-order valence-electron chi connectivity index (χ0n) is 15.8. The van der Waals surface area contributed by atoms with E-state index in [2.05, 4.69) is 31.4 Å². The van der Waals surface area contributed by atoms with Crippen LogP contribution < -0.4 is 10.6 Å². The molecule has 136 valence electrons. The van der Waals surface area contributed by atoms with Gasteiger partial charge in [0.05, 0.1) is 0 Å². The quantitative estimate of drug-likeness (QED) is 0.822. The zero-order valence-corrected chi connectivity index (χ0v) is 15.8. The van der Waals surface area contributed by atoms with Gasteiger partial charge in [-0.15, -0.1) is 0 Å². The first-order valence-corrected chi connectivity index (χ1v) is 8.49. The molecule has 6 nitrogen and oxygen atoms in total. The smallest absolute Gasteiger partial charge is 0.325 e. The fourth-order valence-electron chi connectivity index (χ4n) is 2.85. The average Bonchev–Trinajstić information content (AvgIpc) is 2.70. The fraction of sp³-hybridized carbons (Fsp3) is 0.526. The standard InChI is InChI=1S/C19H27N3O3/c1-12(2)20-15(23)11-22-16(24)19(6,21-17(22)25)14-9-7-13(8-10-14)18(3,4)5/h7-10,12H,11H2,1-6H3,(H,20,23)(H,21,25). The Hall–Kier alpha value is -2.37. The summed E-state index contributed by atoms with van der Waals surface area (Å²) in [4.78, 5) is 37.9. The molecule has 1 fully saturated rings. The number of rotatable bonds is 4. The molecule has 0 aromatic heterocycles. The average molecular weight is 345 g/mol. The minimum Gasteiger partial charge on any atom is -0.352 e. The summed E-state index contributed by atoms with van der Waals surface area (Å²) in [5.41, 5.74) is 0.685. The maximum absolute atomic E-state index is 12.8. The lowest BCUT2D eigenvalue weighted by Gasteiger charge is -2.24. The van der Waals surface area contributed by atoms with Gasteiger partial charge in [0.25, 0.3) is 5.91 Å². The third-order valence-electron chi connectivity index (χ3n) is 4.35. The van der Waals surface area contributed by atoms with Gasteiger partial charge in [-0.05, 0) is 37.3 Å². The molecule has 1 heterocycles. The van der Waals surface area contributed by atoms with E-state index >= 15 is 0 Å². The summed E-state index contributed by atoms with van der Waals surface area (Å²) in [5, 5.41) is 5.41. The van der Waals surface area contributed by atoms with Gasteiger partial charge in [0.2, 0.25) is 5.91 Å². The topological polar surface area (TPSA) is 78.5 Å². The zero-order chi connectivity index (χ0) is 19.0. The van der Waals surface area contributed by atoms with Crippen LogP contribution in [-0.2, 0) is 20.5 Å². The molecule has 2 rings (SSSR count). The molecule has 1 aromatic rings. The second kappa shape index (κ2) is 6.50. The van der Waals surface area contributed by atoms with Crippen molar-refractivity contribution in [2.75, 3.05) is 6.54 Å². The Balaban J connectivity index is 2.23. The molecule has 1 unspecified atom stereocenters. The molecule has 0 spiro atoms. The van der Waals surface area contributed by atoms with Crippen LogP contribution in [0.3, 0.4) is 0 Å². The molecule has 6 heteroatoms. The number of carbonyl (C=O) groups excluding carboxylic acids is 3. The molecule has 2 N–H and O–H groups in total. The summed E-state index contributed by atoms with van der Waals surface area (Å²) >= 11 is 0. The summed E-state index contributed by atoms with van der Waals surface area (Å²) in [6, 6.07) is 7.05. The van der Waals surface area contributed by atoms with Gasteiger partial charge in [-0.3, -0.25) is 14.5 Å². The van der Waals surface area contributed by atoms with Crippen LogP contribution in [0, 0.1) is 0 Å². The predicted octanol–water partition coefficient (Wildman–Crippen LogP) is 2.28. The molecule has 1 aliphatic heterocycles. The summed E-state index contributed by atoms with van der Waals surface area (Å²) in [5.74, 6) is -0.772. The first-order chi connectivity index (χ1) is 11.4. The molecule has 4 amide bonds. The number of benzene rings is 1. The summed E-state index contributed by atoms with van der Waals surface area (Å²) < 4.78 is 0. The van der Waals surface area contributed by atoms with Crippen LogP contribution in [0.2, 0.25) is 0 Å². The SMILES string of the molecule is CC(C)NC(=O)CN1C(=O)NC(C)(c2ccc(C(C)(C)C)cc2)C1=O. The molecule has 1 atom stereocenters. The van der Waals surface area contributed by atoms with Crippen molar-refractivity contribution in [2.24, 2.45) is 0 Å². The van der Waals surface area contributed by atoms with Crippen molar-refractivity contribution in [3.8, 4) is 0 Å². The van der Waals surface area contributed by atoms with Crippen molar-refractivity contribution in [3.63, 3.8) is 0 Å². The van der Waals surface area contributed by atoms with Gasteiger partial charge < -0.3 is 10.6 Å². The molecular formula is C19H27N3O3. The number of carbonyl (C=O) groups is 3. The highest BCUT2D eigenvalue weighted by molar-refractivity contribution is 6.09. The predicted molar refractivity (Wildman–Crippen MR) is 96.0 cm³/mol. The van der Waals surface area contributed by atoms with Crippen LogP contribution in [0.4, 0.5) is 4.79 Å². The van der Waals surface area contributed by atoms with Crippen molar-refractivity contribution in [1.82, 2.24) is 15.5 Å². The third-order valence-corrected chi connectivity index (χ3v) is 4.35. The largest absolute Gasteiger partial charge is 0.352 e. The number of hydrogen-bond donors (Lipinski definition) is 2. The minimum absolute atomic E-state index is 0.00331. The van der Waals surface area contributed by atoms with E-state index < -0.39 is 17.5 Å². The van der Waals surface area contributed by atoms with Gasteiger partial charge in [-0.2, -0.15) is 0 Å². The van der Waals surface area contributed by atoms with Gasteiger partial charge in [-0.1, -0.05) is 45.0 Å². The van der Waals surface area contributed by atoms with Crippen molar-refractivity contribution in [1.29, 1.82) is 0 Å². The Labute approximate surface area is 149 Å². The Morgan fingerprint density at radius 1 is 1.20 bits per heavy atom. The molecular weight excluding hydrogens is 318 g/mol. The van der Waals surface area contributed by atoms with Gasteiger partial charge in [0.15, 0.2) is 0 Å². The second-order valence-corrected chi connectivity index (χ2v) is 8.00. The maximum atomic E-state index is 12.8. The maximum Gasteiger partial charge on any atom is 0.325 e. The van der Waals surface area contributed by atoms with Crippen LogP contribution in [0.25, 0.3) is 0 Å². The lowest BCUT2D eigenvalue weighted by Crippen LogP contribution is -2.44. The molecule has 0 aliphatic carbocycles. The Morgan fingerprint density at radius 3 is 2.24 bits per heavy atom. The lowest BCUT2D eigenvalue weighted by atomic mass is 9.84. The van der Waals surface area contributed by atoms with Gasteiger partial charge in [-0.25, -0.2) is 4.79 Å².